The molecule has 1 amide bonds. The maximum Gasteiger partial charge on any atom is 0.326 e. The van der Waals surface area contributed by atoms with Crippen LogP contribution >= 0.6 is 0 Å². The van der Waals surface area contributed by atoms with E-state index in [9.17, 15) is 23.2 Å². The zero-order chi connectivity index (χ0) is 16.3. The van der Waals surface area contributed by atoms with Gasteiger partial charge in [0.05, 0.1) is 13.2 Å². The maximum absolute atomic E-state index is 11.8. The lowest BCUT2D eigenvalue weighted by atomic mass is 10.1. The zero-order valence-electron chi connectivity index (χ0n) is 11.6. The van der Waals surface area contributed by atoms with Crippen LogP contribution in [0.1, 0.15) is 26.2 Å². The van der Waals surface area contributed by atoms with E-state index in [0.29, 0.717) is 0 Å². The van der Waals surface area contributed by atoms with Gasteiger partial charge in [0.15, 0.2) is 0 Å². The summed E-state index contributed by atoms with van der Waals surface area (Å²) in [6.07, 6.45) is -3.12. The number of carboxylic acid groups (broad SMARTS) is 1. The molecule has 1 atom stereocenters. The number of carboxylic acids is 1. The molecule has 0 aliphatic rings. The molecule has 0 unspecified atom stereocenters. The van der Waals surface area contributed by atoms with Gasteiger partial charge in [-0.1, -0.05) is 0 Å². The van der Waals surface area contributed by atoms with Crippen LogP contribution < -0.4 is 5.32 Å². The quantitative estimate of drug-likeness (QED) is 0.427. The molecule has 0 aromatic heterocycles. The van der Waals surface area contributed by atoms with Crippen molar-refractivity contribution in [3.8, 4) is 0 Å². The minimum atomic E-state index is -2.62. The van der Waals surface area contributed by atoms with E-state index in [1.165, 1.54) is 0 Å². The SMILES string of the molecule is CCOC(=O)CC[C@H](NC(=O)CCOCC(F)F)C(=O)O. The van der Waals surface area contributed by atoms with E-state index in [-0.39, 0.29) is 32.5 Å². The van der Waals surface area contributed by atoms with Gasteiger partial charge in [-0.2, -0.15) is 0 Å². The maximum atomic E-state index is 11.8. The second-order valence-electron chi connectivity index (χ2n) is 4.02. The smallest absolute Gasteiger partial charge is 0.326 e. The first-order valence-electron chi connectivity index (χ1n) is 6.40. The number of amides is 1. The molecule has 0 saturated carbocycles. The lowest BCUT2D eigenvalue weighted by Gasteiger charge is -2.14. The highest BCUT2D eigenvalue weighted by atomic mass is 19.3. The van der Waals surface area contributed by atoms with Gasteiger partial charge in [0.2, 0.25) is 5.91 Å². The Morgan fingerprint density at radius 3 is 2.43 bits per heavy atom. The Kier molecular flexibility index (Phi) is 10.0. The standard InChI is InChI=1S/C12H19F2NO6/c1-2-21-11(17)4-3-8(12(18)19)15-10(16)5-6-20-7-9(13)14/h8-9H,2-7H2,1H3,(H,15,16)(H,18,19)/t8-/m0/s1. The molecule has 0 aliphatic carbocycles. The largest absolute Gasteiger partial charge is 0.480 e. The molecule has 0 rings (SSSR count). The number of ether oxygens (including phenoxy) is 2. The summed E-state index contributed by atoms with van der Waals surface area (Å²) in [4.78, 5) is 33.5. The lowest BCUT2D eigenvalue weighted by molar-refractivity contribution is -0.145. The van der Waals surface area contributed by atoms with Gasteiger partial charge >= 0.3 is 11.9 Å². The van der Waals surface area contributed by atoms with Gasteiger partial charge in [-0.15, -0.1) is 0 Å². The van der Waals surface area contributed by atoms with Crippen molar-refractivity contribution in [1.29, 1.82) is 0 Å². The average molecular weight is 311 g/mol. The van der Waals surface area contributed by atoms with Crippen molar-refractivity contribution < 1.29 is 37.7 Å². The summed E-state index contributed by atoms with van der Waals surface area (Å²) < 4.78 is 32.7. The Labute approximate surface area is 120 Å². The molecule has 0 bridgehead atoms. The fourth-order valence-corrected chi connectivity index (χ4v) is 1.36. The second-order valence-corrected chi connectivity index (χ2v) is 4.02. The van der Waals surface area contributed by atoms with E-state index in [1.807, 2.05) is 0 Å². The predicted octanol–water partition coefficient (Wildman–Crippen LogP) is 0.571. The van der Waals surface area contributed by atoms with E-state index in [1.54, 1.807) is 6.92 Å². The van der Waals surface area contributed by atoms with Crippen molar-refractivity contribution >= 4 is 17.8 Å². The third-order valence-electron chi connectivity index (χ3n) is 2.29. The van der Waals surface area contributed by atoms with Crippen molar-refractivity contribution in [2.75, 3.05) is 19.8 Å². The Morgan fingerprint density at radius 1 is 1.24 bits per heavy atom. The van der Waals surface area contributed by atoms with Gasteiger partial charge in [0, 0.05) is 12.8 Å². The molecular weight excluding hydrogens is 292 g/mol. The van der Waals surface area contributed by atoms with Crippen LogP contribution in [0, 0.1) is 0 Å². The first-order valence-corrected chi connectivity index (χ1v) is 6.40. The number of hydrogen-bond donors (Lipinski definition) is 2. The van der Waals surface area contributed by atoms with E-state index in [2.05, 4.69) is 14.8 Å². The first-order chi connectivity index (χ1) is 9.86. The summed E-state index contributed by atoms with van der Waals surface area (Å²) in [5.74, 6) is -2.50. The van der Waals surface area contributed by atoms with Gasteiger partial charge in [-0.25, -0.2) is 13.6 Å². The fraction of sp³-hybridized carbons (Fsp3) is 0.750. The normalized spacial score (nSPS) is 12.0. The number of carbonyl (C=O) groups excluding carboxylic acids is 2. The summed E-state index contributed by atoms with van der Waals surface area (Å²) in [5.41, 5.74) is 0. The average Bonchev–Trinajstić information content (AvgIpc) is 2.39. The summed E-state index contributed by atoms with van der Waals surface area (Å²) >= 11 is 0. The fourth-order valence-electron chi connectivity index (χ4n) is 1.36. The number of nitrogens with one attached hydrogen (secondary N) is 1. The third-order valence-corrected chi connectivity index (χ3v) is 2.29. The molecule has 122 valence electrons. The first kappa shape index (κ1) is 19.2. The summed E-state index contributed by atoms with van der Waals surface area (Å²) in [6, 6.07) is -1.24. The summed E-state index contributed by atoms with van der Waals surface area (Å²) in [6.45, 7) is 0.789. The van der Waals surface area contributed by atoms with E-state index >= 15 is 0 Å². The Morgan fingerprint density at radius 2 is 1.90 bits per heavy atom. The van der Waals surface area contributed by atoms with Crippen molar-refractivity contribution in [3.63, 3.8) is 0 Å². The van der Waals surface area contributed by atoms with Crippen LogP contribution in [0.4, 0.5) is 8.78 Å². The van der Waals surface area contributed by atoms with Gasteiger partial charge in [-0.05, 0) is 13.3 Å². The van der Waals surface area contributed by atoms with Gasteiger partial charge in [0.25, 0.3) is 6.43 Å². The Bertz CT molecular complexity index is 351. The highest BCUT2D eigenvalue weighted by Crippen LogP contribution is 2.01. The van der Waals surface area contributed by atoms with Crippen LogP contribution in [-0.4, -0.2) is 55.2 Å². The van der Waals surface area contributed by atoms with Crippen molar-refractivity contribution in [2.24, 2.45) is 0 Å². The molecule has 0 spiro atoms. The van der Waals surface area contributed by atoms with E-state index in [0.717, 1.165) is 0 Å². The van der Waals surface area contributed by atoms with Crippen molar-refractivity contribution in [1.82, 2.24) is 5.32 Å². The molecular formula is C12H19F2NO6. The minimum Gasteiger partial charge on any atom is -0.480 e. The molecule has 0 fully saturated rings. The van der Waals surface area contributed by atoms with Gasteiger partial charge in [0.1, 0.15) is 12.6 Å². The molecule has 0 radical (unpaired) electrons. The van der Waals surface area contributed by atoms with Crippen LogP contribution in [0.3, 0.4) is 0 Å². The molecule has 0 aromatic rings. The lowest BCUT2D eigenvalue weighted by Crippen LogP contribution is -2.41. The van der Waals surface area contributed by atoms with Crippen LogP contribution in [0.25, 0.3) is 0 Å². The van der Waals surface area contributed by atoms with E-state index in [4.69, 9.17) is 5.11 Å². The topological polar surface area (TPSA) is 102 Å². The number of halogens is 2. The Hall–Kier alpha value is -1.77. The van der Waals surface area contributed by atoms with Crippen LogP contribution in [0.15, 0.2) is 0 Å². The zero-order valence-corrected chi connectivity index (χ0v) is 11.6. The molecule has 0 heterocycles. The number of rotatable bonds is 11. The highest BCUT2D eigenvalue weighted by molar-refractivity contribution is 5.84. The van der Waals surface area contributed by atoms with Crippen LogP contribution in [-0.2, 0) is 23.9 Å². The number of hydrogen-bond acceptors (Lipinski definition) is 5. The molecule has 0 saturated heterocycles. The molecule has 7 nitrogen and oxygen atoms in total. The minimum absolute atomic E-state index is 0.113. The van der Waals surface area contributed by atoms with Crippen molar-refractivity contribution in [2.45, 2.75) is 38.7 Å². The monoisotopic (exact) mass is 311 g/mol. The summed E-state index contributed by atoms with van der Waals surface area (Å²) in [5, 5.41) is 11.1. The molecule has 0 aliphatic heterocycles. The van der Waals surface area contributed by atoms with Crippen LogP contribution in [0.2, 0.25) is 0 Å². The highest BCUT2D eigenvalue weighted by Gasteiger charge is 2.21. The number of alkyl halides is 2. The van der Waals surface area contributed by atoms with Gasteiger partial charge < -0.3 is 19.9 Å². The van der Waals surface area contributed by atoms with E-state index < -0.39 is 36.9 Å². The van der Waals surface area contributed by atoms with Crippen molar-refractivity contribution in [3.05, 3.63) is 0 Å². The number of esters is 1. The molecule has 9 heteroatoms. The molecule has 21 heavy (non-hydrogen) atoms. The third kappa shape index (κ3) is 10.7. The summed E-state index contributed by atoms with van der Waals surface area (Å²) in [7, 11) is 0. The number of aliphatic carboxylic acids is 1. The second kappa shape index (κ2) is 11.0. The molecule has 0 aromatic carbocycles. The Balaban J connectivity index is 4.04. The molecule has 2 N–H and O–H groups in total. The predicted molar refractivity (Wildman–Crippen MR) is 66.9 cm³/mol. The van der Waals surface area contributed by atoms with Crippen LogP contribution in [0.5, 0.6) is 0 Å². The van der Waals surface area contributed by atoms with Gasteiger partial charge in [-0.3, -0.25) is 9.59 Å². The number of carbonyl (C=O) groups is 3.